The lowest BCUT2D eigenvalue weighted by molar-refractivity contribution is -0.128. The Balaban J connectivity index is 1.37. The molecule has 2 atom stereocenters. The number of likely N-dealkylation sites (N-methyl/N-ethyl adjacent to an activating group) is 1. The van der Waals surface area contributed by atoms with E-state index in [9.17, 15) is 4.79 Å². The Morgan fingerprint density at radius 2 is 2.00 bits per heavy atom. The molecule has 3 aliphatic rings. The summed E-state index contributed by atoms with van der Waals surface area (Å²) in [6, 6.07) is 12.7. The molecule has 3 aromatic rings. The summed E-state index contributed by atoms with van der Waals surface area (Å²) in [5.41, 5.74) is 2.94. The predicted molar refractivity (Wildman–Crippen MR) is 163 cm³/mol. The van der Waals surface area contributed by atoms with Crippen molar-refractivity contribution in [2.75, 3.05) is 44.7 Å². The van der Waals surface area contributed by atoms with Gasteiger partial charge in [0, 0.05) is 54.1 Å². The number of carbonyl (C=O) groups is 1. The van der Waals surface area contributed by atoms with Gasteiger partial charge in [-0.15, -0.1) is 0 Å². The summed E-state index contributed by atoms with van der Waals surface area (Å²) in [6.07, 6.45) is 4.27. The Morgan fingerprint density at radius 1 is 1.20 bits per heavy atom. The topological polar surface area (TPSA) is 71.0 Å². The molecule has 8 nitrogen and oxygen atoms in total. The maximum absolute atomic E-state index is 12.4. The molecule has 0 aliphatic carbocycles. The zero-order valence-corrected chi connectivity index (χ0v) is 24.7. The Labute approximate surface area is 246 Å². The minimum atomic E-state index is -0.0490. The van der Waals surface area contributed by atoms with Crippen molar-refractivity contribution in [2.45, 2.75) is 45.2 Å². The molecule has 0 bridgehead atoms. The van der Waals surface area contributed by atoms with Crippen molar-refractivity contribution < 1.29 is 14.3 Å². The number of halogens is 1. The molecule has 6 rings (SSSR count). The van der Waals surface area contributed by atoms with Gasteiger partial charge in [-0.1, -0.05) is 48.5 Å². The van der Waals surface area contributed by atoms with E-state index in [4.69, 9.17) is 31.0 Å². The normalized spacial score (nSPS) is 21.2. The van der Waals surface area contributed by atoms with Crippen molar-refractivity contribution in [3.63, 3.8) is 0 Å². The molecule has 0 spiro atoms. The van der Waals surface area contributed by atoms with Crippen LogP contribution < -0.4 is 14.4 Å². The molecule has 0 N–H and O–H groups in total. The van der Waals surface area contributed by atoms with Crippen LogP contribution in [-0.4, -0.2) is 77.6 Å². The first kappa shape index (κ1) is 27.5. The molecular formula is C32H36ClN5O3. The highest BCUT2D eigenvalue weighted by Crippen LogP contribution is 2.42. The zero-order chi connectivity index (χ0) is 28.7. The third-order valence-electron chi connectivity index (χ3n) is 8.51. The SMILES string of the molecule is C=CC(=O)N1CCN(c2nc(OC[C@@H]3CCCN3C)nc3c2CC(C)=C(c2cccc4cccc(Cl)c24)O3)C[C@H]1C. The van der Waals surface area contributed by atoms with Crippen LogP contribution in [0.4, 0.5) is 5.82 Å². The molecule has 2 aromatic carbocycles. The Bertz CT molecular complexity index is 1530. The van der Waals surface area contributed by atoms with Crippen LogP contribution in [0.5, 0.6) is 11.9 Å². The molecule has 1 amide bonds. The number of hydrogen-bond acceptors (Lipinski definition) is 7. The van der Waals surface area contributed by atoms with Gasteiger partial charge in [-0.2, -0.15) is 9.97 Å². The summed E-state index contributed by atoms with van der Waals surface area (Å²) in [4.78, 5) is 28.5. The number of piperazine rings is 1. The first-order valence-corrected chi connectivity index (χ1v) is 14.7. The number of amides is 1. The maximum Gasteiger partial charge on any atom is 0.321 e. The summed E-state index contributed by atoms with van der Waals surface area (Å²) in [6.45, 7) is 11.3. The second kappa shape index (κ2) is 11.3. The lowest BCUT2D eigenvalue weighted by Gasteiger charge is -2.41. The lowest BCUT2D eigenvalue weighted by Crippen LogP contribution is -2.54. The van der Waals surface area contributed by atoms with Crippen molar-refractivity contribution in [1.82, 2.24) is 19.8 Å². The van der Waals surface area contributed by atoms with Crippen LogP contribution in [0.25, 0.3) is 16.5 Å². The van der Waals surface area contributed by atoms with Crippen LogP contribution in [0.2, 0.25) is 5.02 Å². The number of allylic oxidation sites excluding steroid dienone is 1. The molecule has 214 valence electrons. The summed E-state index contributed by atoms with van der Waals surface area (Å²) < 4.78 is 12.9. The molecule has 41 heavy (non-hydrogen) atoms. The van der Waals surface area contributed by atoms with Crippen LogP contribution in [-0.2, 0) is 11.2 Å². The largest absolute Gasteiger partial charge is 0.462 e. The highest BCUT2D eigenvalue weighted by molar-refractivity contribution is 6.36. The molecule has 2 saturated heterocycles. The highest BCUT2D eigenvalue weighted by atomic mass is 35.5. The molecule has 1 aromatic heterocycles. The summed E-state index contributed by atoms with van der Waals surface area (Å²) in [5, 5.41) is 2.70. The highest BCUT2D eigenvalue weighted by Gasteiger charge is 2.33. The number of carbonyl (C=O) groups excluding carboxylic acids is 1. The van der Waals surface area contributed by atoms with Gasteiger partial charge in [-0.3, -0.25) is 4.79 Å². The predicted octanol–water partition coefficient (Wildman–Crippen LogP) is 5.35. The minimum absolute atomic E-state index is 0.00547. The fourth-order valence-electron chi connectivity index (χ4n) is 6.25. The van der Waals surface area contributed by atoms with Crippen molar-refractivity contribution >= 4 is 39.9 Å². The molecule has 0 unspecified atom stereocenters. The number of hydrogen-bond donors (Lipinski definition) is 0. The van der Waals surface area contributed by atoms with Gasteiger partial charge in [0.2, 0.25) is 11.8 Å². The number of benzene rings is 2. The third-order valence-corrected chi connectivity index (χ3v) is 8.83. The monoisotopic (exact) mass is 573 g/mol. The van der Waals surface area contributed by atoms with Crippen LogP contribution in [0, 0.1) is 0 Å². The third kappa shape index (κ3) is 5.26. The molecule has 0 radical (unpaired) electrons. The number of anilines is 1. The summed E-state index contributed by atoms with van der Waals surface area (Å²) in [5.74, 6) is 2.02. The van der Waals surface area contributed by atoms with Gasteiger partial charge in [0.05, 0.1) is 5.56 Å². The lowest BCUT2D eigenvalue weighted by atomic mass is 9.96. The van der Waals surface area contributed by atoms with E-state index < -0.39 is 0 Å². The second-order valence-corrected chi connectivity index (χ2v) is 11.7. The number of fused-ring (bicyclic) bond motifs is 2. The van der Waals surface area contributed by atoms with Crippen LogP contribution in [0.1, 0.15) is 37.8 Å². The number of ether oxygens (including phenoxy) is 2. The summed E-state index contributed by atoms with van der Waals surface area (Å²) >= 11 is 6.69. The molecule has 3 aliphatic heterocycles. The minimum Gasteiger partial charge on any atom is -0.462 e. The fourth-order valence-corrected chi connectivity index (χ4v) is 6.54. The first-order valence-electron chi connectivity index (χ1n) is 14.3. The van der Waals surface area contributed by atoms with E-state index in [1.54, 1.807) is 0 Å². The molecule has 2 fully saturated rings. The van der Waals surface area contributed by atoms with E-state index in [0.29, 0.717) is 55.6 Å². The van der Waals surface area contributed by atoms with E-state index in [2.05, 4.69) is 49.4 Å². The number of likely N-dealkylation sites (tertiary alicyclic amines) is 1. The van der Waals surface area contributed by atoms with E-state index in [-0.39, 0.29) is 11.9 Å². The van der Waals surface area contributed by atoms with E-state index in [0.717, 1.165) is 58.4 Å². The van der Waals surface area contributed by atoms with E-state index >= 15 is 0 Å². The van der Waals surface area contributed by atoms with Gasteiger partial charge in [0.15, 0.2) is 0 Å². The quantitative estimate of drug-likeness (QED) is 0.368. The number of rotatable bonds is 6. The van der Waals surface area contributed by atoms with Gasteiger partial charge in [0.1, 0.15) is 18.2 Å². The average Bonchev–Trinajstić information content (AvgIpc) is 3.39. The van der Waals surface area contributed by atoms with Gasteiger partial charge >= 0.3 is 6.01 Å². The molecule has 9 heteroatoms. The van der Waals surface area contributed by atoms with Crippen molar-refractivity contribution in [3.8, 4) is 11.9 Å². The Hall–Kier alpha value is -3.62. The number of nitrogens with zero attached hydrogens (tertiary/aromatic N) is 5. The van der Waals surface area contributed by atoms with E-state index in [1.165, 1.54) is 6.08 Å². The smallest absolute Gasteiger partial charge is 0.321 e. The number of aromatic nitrogens is 2. The fraction of sp³-hybridized carbons (Fsp3) is 0.406. The van der Waals surface area contributed by atoms with Crippen molar-refractivity contribution in [2.24, 2.45) is 0 Å². The Morgan fingerprint density at radius 3 is 2.73 bits per heavy atom. The molecular weight excluding hydrogens is 538 g/mol. The van der Waals surface area contributed by atoms with Gasteiger partial charge in [-0.05, 0) is 63.4 Å². The standard InChI is InChI=1S/C32H36ClN5O3/c1-5-27(39)38-16-15-37(18-21(38)3)30-25-17-20(2)29(24-12-6-9-22-10-7-13-26(33)28(22)24)41-31(25)35-32(34-30)40-19-23-11-8-14-36(23)4/h5-7,9-10,12-13,21,23H,1,8,11,14-19H2,2-4H3/t21-,23+/m1/s1. The summed E-state index contributed by atoms with van der Waals surface area (Å²) in [7, 11) is 2.13. The molecule has 0 saturated carbocycles. The van der Waals surface area contributed by atoms with Crippen LogP contribution in [0.3, 0.4) is 0 Å². The van der Waals surface area contributed by atoms with Crippen LogP contribution in [0.15, 0.2) is 54.6 Å². The first-order chi connectivity index (χ1) is 19.8. The van der Waals surface area contributed by atoms with Crippen molar-refractivity contribution in [1.29, 1.82) is 0 Å². The van der Waals surface area contributed by atoms with Gasteiger partial charge < -0.3 is 24.2 Å². The zero-order valence-electron chi connectivity index (χ0n) is 23.9. The van der Waals surface area contributed by atoms with Crippen molar-refractivity contribution in [3.05, 3.63) is 70.8 Å². The van der Waals surface area contributed by atoms with Gasteiger partial charge in [-0.25, -0.2) is 0 Å². The average molecular weight is 574 g/mol. The Kier molecular flexibility index (Phi) is 7.62. The second-order valence-electron chi connectivity index (χ2n) is 11.3. The molecule has 4 heterocycles. The van der Waals surface area contributed by atoms with E-state index in [1.807, 2.05) is 29.2 Å². The maximum atomic E-state index is 12.4. The van der Waals surface area contributed by atoms with Gasteiger partial charge in [0.25, 0.3) is 0 Å². The van der Waals surface area contributed by atoms with Crippen LogP contribution >= 0.6 is 11.6 Å².